The Morgan fingerprint density at radius 3 is 2.50 bits per heavy atom. The Morgan fingerprint density at radius 1 is 1.28 bits per heavy atom. The lowest BCUT2D eigenvalue weighted by atomic mass is 10.2. The molecule has 0 aromatic heterocycles. The van der Waals surface area contributed by atoms with Crippen LogP contribution in [0.2, 0.25) is 0 Å². The van der Waals surface area contributed by atoms with E-state index in [1.165, 1.54) is 0 Å². The van der Waals surface area contributed by atoms with Gasteiger partial charge in [-0.1, -0.05) is 0 Å². The van der Waals surface area contributed by atoms with Gasteiger partial charge in [0.2, 0.25) is 0 Å². The summed E-state index contributed by atoms with van der Waals surface area (Å²) in [7, 11) is 1.74. The molecule has 0 aliphatic carbocycles. The van der Waals surface area contributed by atoms with Crippen molar-refractivity contribution < 1.29 is 14.3 Å². The van der Waals surface area contributed by atoms with Crippen molar-refractivity contribution >= 4 is 6.09 Å². The minimum Gasteiger partial charge on any atom is -0.444 e. The van der Waals surface area contributed by atoms with E-state index in [2.05, 4.69) is 5.92 Å². The van der Waals surface area contributed by atoms with Crippen LogP contribution in [0.3, 0.4) is 0 Å². The van der Waals surface area contributed by atoms with Crippen molar-refractivity contribution in [1.82, 2.24) is 4.90 Å². The summed E-state index contributed by atoms with van der Waals surface area (Å²) in [6.45, 7) is 7.55. The molecule has 0 aromatic rings. The number of carbonyl (C=O) groups is 1. The van der Waals surface area contributed by atoms with Gasteiger partial charge >= 0.3 is 6.09 Å². The smallest absolute Gasteiger partial charge is 0.410 e. The summed E-state index contributed by atoms with van der Waals surface area (Å²) >= 11 is 0. The van der Waals surface area contributed by atoms with Crippen molar-refractivity contribution in [3.05, 3.63) is 0 Å². The van der Waals surface area contributed by atoms with Crippen LogP contribution in [-0.4, -0.2) is 43.4 Å². The molecule has 4 heteroatoms. The first-order chi connectivity index (χ1) is 8.37. The van der Waals surface area contributed by atoms with Gasteiger partial charge in [0.25, 0.3) is 0 Å². The van der Waals surface area contributed by atoms with Gasteiger partial charge in [-0.3, -0.25) is 0 Å². The average Bonchev–Trinajstić information content (AvgIpc) is 2.25. The standard InChI is InChI=1S/C14H25NO3/c1-6-7-11-17-12-9-8-10-15(5)13(16)18-14(2,3)4/h1H,7-12H2,2-5H3. The van der Waals surface area contributed by atoms with Gasteiger partial charge < -0.3 is 14.4 Å². The zero-order valence-corrected chi connectivity index (χ0v) is 12.0. The maximum atomic E-state index is 11.6. The molecule has 0 heterocycles. The first-order valence-electron chi connectivity index (χ1n) is 6.32. The third-order valence-corrected chi connectivity index (χ3v) is 2.13. The van der Waals surface area contributed by atoms with Crippen LogP contribution in [0, 0.1) is 12.3 Å². The highest BCUT2D eigenvalue weighted by Gasteiger charge is 2.18. The molecule has 0 rings (SSSR count). The van der Waals surface area contributed by atoms with E-state index in [0.29, 0.717) is 26.2 Å². The lowest BCUT2D eigenvalue weighted by Gasteiger charge is -2.24. The van der Waals surface area contributed by atoms with Crippen molar-refractivity contribution in [2.24, 2.45) is 0 Å². The Morgan fingerprint density at radius 2 is 1.94 bits per heavy atom. The summed E-state index contributed by atoms with van der Waals surface area (Å²) in [5.41, 5.74) is -0.441. The van der Waals surface area contributed by atoms with Crippen LogP contribution >= 0.6 is 0 Å². The first-order valence-corrected chi connectivity index (χ1v) is 6.32. The molecule has 4 nitrogen and oxygen atoms in total. The van der Waals surface area contributed by atoms with E-state index in [1.807, 2.05) is 20.8 Å². The van der Waals surface area contributed by atoms with Gasteiger partial charge in [0, 0.05) is 26.6 Å². The number of hydrogen-bond acceptors (Lipinski definition) is 3. The second-order valence-electron chi connectivity index (χ2n) is 5.18. The predicted octanol–water partition coefficient (Wildman–Crippen LogP) is 2.67. The van der Waals surface area contributed by atoms with E-state index in [9.17, 15) is 4.79 Å². The fourth-order valence-corrected chi connectivity index (χ4v) is 1.22. The van der Waals surface area contributed by atoms with E-state index < -0.39 is 5.60 Å². The summed E-state index contributed by atoms with van der Waals surface area (Å²) in [5, 5.41) is 0. The van der Waals surface area contributed by atoms with Gasteiger partial charge in [-0.25, -0.2) is 4.79 Å². The summed E-state index contributed by atoms with van der Waals surface area (Å²) in [4.78, 5) is 13.2. The zero-order valence-electron chi connectivity index (χ0n) is 12.0. The molecule has 1 amide bonds. The van der Waals surface area contributed by atoms with Crippen molar-refractivity contribution in [2.75, 3.05) is 26.8 Å². The molecule has 0 radical (unpaired) electrons. The SMILES string of the molecule is C#CCCOCCCCN(C)C(=O)OC(C)(C)C. The monoisotopic (exact) mass is 255 g/mol. The topological polar surface area (TPSA) is 38.8 Å². The van der Waals surface area contributed by atoms with Gasteiger partial charge in [0.05, 0.1) is 6.61 Å². The van der Waals surface area contributed by atoms with E-state index in [1.54, 1.807) is 11.9 Å². The van der Waals surface area contributed by atoms with Crippen LogP contribution < -0.4 is 0 Å². The summed E-state index contributed by atoms with van der Waals surface area (Å²) in [6, 6.07) is 0. The molecule has 0 fully saturated rings. The quantitative estimate of drug-likeness (QED) is 0.518. The molecule has 0 N–H and O–H groups in total. The van der Waals surface area contributed by atoms with Crippen molar-refractivity contribution in [3.8, 4) is 12.3 Å². The maximum absolute atomic E-state index is 11.6. The average molecular weight is 255 g/mol. The largest absolute Gasteiger partial charge is 0.444 e. The molecule has 0 aliphatic heterocycles. The van der Waals surface area contributed by atoms with Crippen LogP contribution in [0.5, 0.6) is 0 Å². The number of amides is 1. The summed E-state index contributed by atoms with van der Waals surface area (Å²) < 4.78 is 10.6. The van der Waals surface area contributed by atoms with Crippen LogP contribution in [0.4, 0.5) is 4.79 Å². The highest BCUT2D eigenvalue weighted by Crippen LogP contribution is 2.09. The number of nitrogens with zero attached hydrogens (tertiary/aromatic N) is 1. The number of terminal acetylenes is 1. The number of carbonyl (C=O) groups excluding carboxylic acids is 1. The molecule has 104 valence electrons. The normalized spacial score (nSPS) is 10.8. The van der Waals surface area contributed by atoms with E-state index in [4.69, 9.17) is 15.9 Å². The molecule has 0 saturated carbocycles. The highest BCUT2D eigenvalue weighted by molar-refractivity contribution is 5.67. The predicted molar refractivity (Wildman–Crippen MR) is 72.4 cm³/mol. The molecule has 0 aromatic carbocycles. The van der Waals surface area contributed by atoms with Crippen LogP contribution in [0.25, 0.3) is 0 Å². The Hall–Kier alpha value is -1.21. The number of hydrogen-bond donors (Lipinski definition) is 0. The van der Waals surface area contributed by atoms with Crippen molar-refractivity contribution in [1.29, 1.82) is 0 Å². The maximum Gasteiger partial charge on any atom is 0.410 e. The zero-order chi connectivity index (χ0) is 14.0. The Balaban J connectivity index is 3.56. The van der Waals surface area contributed by atoms with Crippen molar-refractivity contribution in [3.63, 3.8) is 0 Å². The third-order valence-electron chi connectivity index (χ3n) is 2.13. The van der Waals surface area contributed by atoms with Crippen LogP contribution in [-0.2, 0) is 9.47 Å². The summed E-state index contributed by atoms with van der Waals surface area (Å²) in [6.07, 6.45) is 7.28. The van der Waals surface area contributed by atoms with E-state index >= 15 is 0 Å². The fraction of sp³-hybridized carbons (Fsp3) is 0.786. The number of unbranched alkanes of at least 4 members (excludes halogenated alkanes) is 1. The Labute approximate surface area is 111 Å². The third kappa shape index (κ3) is 9.98. The van der Waals surface area contributed by atoms with E-state index in [-0.39, 0.29) is 6.09 Å². The molecule has 0 atom stereocenters. The Bertz CT molecular complexity index is 276. The molecule has 0 unspecified atom stereocenters. The summed E-state index contributed by atoms with van der Waals surface area (Å²) in [5.74, 6) is 2.52. The molecule has 0 saturated heterocycles. The lowest BCUT2D eigenvalue weighted by Crippen LogP contribution is -2.34. The first kappa shape index (κ1) is 16.8. The highest BCUT2D eigenvalue weighted by atomic mass is 16.6. The van der Waals surface area contributed by atoms with Gasteiger partial charge in [0.15, 0.2) is 0 Å². The second-order valence-corrected chi connectivity index (χ2v) is 5.18. The molecule has 0 spiro atoms. The fourth-order valence-electron chi connectivity index (χ4n) is 1.22. The van der Waals surface area contributed by atoms with Gasteiger partial charge in [-0.05, 0) is 33.6 Å². The van der Waals surface area contributed by atoms with Crippen molar-refractivity contribution in [2.45, 2.75) is 45.6 Å². The van der Waals surface area contributed by atoms with Crippen LogP contribution in [0.1, 0.15) is 40.0 Å². The van der Waals surface area contributed by atoms with Gasteiger partial charge in [0.1, 0.15) is 5.60 Å². The second kappa shape index (κ2) is 8.82. The Kier molecular flexibility index (Phi) is 8.23. The molecule has 18 heavy (non-hydrogen) atoms. The number of ether oxygens (including phenoxy) is 2. The minimum absolute atomic E-state index is 0.282. The lowest BCUT2D eigenvalue weighted by molar-refractivity contribution is 0.0291. The van der Waals surface area contributed by atoms with Gasteiger partial charge in [-0.2, -0.15) is 0 Å². The molecule has 0 bridgehead atoms. The minimum atomic E-state index is -0.441. The molecular weight excluding hydrogens is 230 g/mol. The molecule has 0 aliphatic rings. The van der Waals surface area contributed by atoms with E-state index in [0.717, 1.165) is 12.8 Å². The molecular formula is C14H25NO3. The van der Waals surface area contributed by atoms with Gasteiger partial charge in [-0.15, -0.1) is 12.3 Å². The van der Waals surface area contributed by atoms with Crippen LogP contribution in [0.15, 0.2) is 0 Å². The number of rotatable bonds is 7.